The second kappa shape index (κ2) is 7.31. The molecular formula is C14H19N3OS. The zero-order valence-electron chi connectivity index (χ0n) is 11.1. The molecule has 0 spiro atoms. The van der Waals surface area contributed by atoms with Crippen LogP contribution in [0.3, 0.4) is 0 Å². The number of aryl methyl sites for hydroxylation is 1. The quantitative estimate of drug-likeness (QED) is 0.624. The van der Waals surface area contributed by atoms with Gasteiger partial charge >= 0.3 is 0 Å². The van der Waals surface area contributed by atoms with Crippen LogP contribution >= 0.6 is 11.8 Å². The summed E-state index contributed by atoms with van der Waals surface area (Å²) in [4.78, 5) is 0. The van der Waals surface area contributed by atoms with Crippen molar-refractivity contribution >= 4 is 11.8 Å². The summed E-state index contributed by atoms with van der Waals surface area (Å²) < 4.78 is 2.14. The predicted octanol–water partition coefficient (Wildman–Crippen LogP) is 2.50. The molecule has 0 atom stereocenters. The lowest BCUT2D eigenvalue weighted by atomic mass is 10.2. The highest BCUT2D eigenvalue weighted by Crippen LogP contribution is 2.19. The highest BCUT2D eigenvalue weighted by Gasteiger charge is 2.09. The summed E-state index contributed by atoms with van der Waals surface area (Å²) in [6, 6.07) is 10.3. The molecule has 1 aromatic carbocycles. The molecule has 0 saturated carbocycles. The Morgan fingerprint density at radius 1 is 1.16 bits per heavy atom. The summed E-state index contributed by atoms with van der Waals surface area (Å²) in [7, 11) is 0. The van der Waals surface area contributed by atoms with Crippen LogP contribution in [0.15, 0.2) is 35.5 Å². The van der Waals surface area contributed by atoms with Crippen LogP contribution in [0, 0.1) is 6.92 Å². The van der Waals surface area contributed by atoms with E-state index in [1.54, 1.807) is 11.8 Å². The number of rotatable bonds is 7. The highest BCUT2D eigenvalue weighted by atomic mass is 32.2. The van der Waals surface area contributed by atoms with Gasteiger partial charge in [-0.25, -0.2) is 0 Å². The molecule has 0 saturated heterocycles. The van der Waals surface area contributed by atoms with Gasteiger partial charge in [-0.3, -0.25) is 0 Å². The van der Waals surface area contributed by atoms with Crippen molar-refractivity contribution in [1.29, 1.82) is 0 Å². The summed E-state index contributed by atoms with van der Waals surface area (Å²) in [6.45, 7) is 3.05. The number of aromatic nitrogens is 3. The third-order valence-electron chi connectivity index (χ3n) is 2.87. The molecular weight excluding hydrogens is 258 g/mol. The van der Waals surface area contributed by atoms with Gasteiger partial charge in [-0.1, -0.05) is 42.1 Å². The largest absolute Gasteiger partial charge is 0.396 e. The second-order valence-corrected chi connectivity index (χ2v) is 5.44. The van der Waals surface area contributed by atoms with Gasteiger partial charge in [0.25, 0.3) is 0 Å². The lowest BCUT2D eigenvalue weighted by Crippen LogP contribution is -2.04. The SMILES string of the molecule is Cc1nnc(SCCCCO)n1Cc1ccccc1. The van der Waals surface area contributed by atoms with Crippen molar-refractivity contribution in [3.05, 3.63) is 41.7 Å². The van der Waals surface area contributed by atoms with E-state index in [2.05, 4.69) is 26.9 Å². The van der Waals surface area contributed by atoms with E-state index in [-0.39, 0.29) is 6.61 Å². The monoisotopic (exact) mass is 277 g/mol. The van der Waals surface area contributed by atoms with Crippen molar-refractivity contribution in [3.63, 3.8) is 0 Å². The normalized spacial score (nSPS) is 10.8. The smallest absolute Gasteiger partial charge is 0.191 e. The van der Waals surface area contributed by atoms with Crippen molar-refractivity contribution < 1.29 is 5.11 Å². The van der Waals surface area contributed by atoms with Gasteiger partial charge in [-0.2, -0.15) is 0 Å². The summed E-state index contributed by atoms with van der Waals surface area (Å²) >= 11 is 1.71. The topological polar surface area (TPSA) is 50.9 Å². The fraction of sp³-hybridized carbons (Fsp3) is 0.429. The number of hydrogen-bond acceptors (Lipinski definition) is 4. The van der Waals surface area contributed by atoms with Gasteiger partial charge in [0.15, 0.2) is 5.16 Å². The van der Waals surface area contributed by atoms with E-state index < -0.39 is 0 Å². The van der Waals surface area contributed by atoms with Gasteiger partial charge in [0.05, 0.1) is 6.54 Å². The fourth-order valence-corrected chi connectivity index (χ4v) is 2.78. The Morgan fingerprint density at radius 3 is 2.68 bits per heavy atom. The van der Waals surface area contributed by atoms with E-state index in [0.29, 0.717) is 0 Å². The molecule has 2 aromatic rings. The number of unbranched alkanes of at least 4 members (excludes halogenated alkanes) is 1. The van der Waals surface area contributed by atoms with Crippen LogP contribution < -0.4 is 0 Å². The van der Waals surface area contributed by atoms with Crippen LogP contribution in [0.25, 0.3) is 0 Å². The van der Waals surface area contributed by atoms with Crippen LogP contribution in [0.1, 0.15) is 24.2 Å². The van der Waals surface area contributed by atoms with Crippen molar-refractivity contribution in [3.8, 4) is 0 Å². The van der Waals surface area contributed by atoms with Crippen molar-refractivity contribution in [1.82, 2.24) is 14.8 Å². The van der Waals surface area contributed by atoms with Crippen LogP contribution in [0.4, 0.5) is 0 Å². The Hall–Kier alpha value is -1.33. The van der Waals surface area contributed by atoms with Crippen LogP contribution in [0.5, 0.6) is 0 Å². The van der Waals surface area contributed by atoms with Gasteiger partial charge < -0.3 is 9.67 Å². The number of benzene rings is 1. The lowest BCUT2D eigenvalue weighted by Gasteiger charge is -2.08. The number of aliphatic hydroxyl groups excluding tert-OH is 1. The third kappa shape index (κ3) is 4.08. The molecule has 0 aliphatic rings. The molecule has 1 N–H and O–H groups in total. The fourth-order valence-electron chi connectivity index (χ4n) is 1.79. The number of thioether (sulfide) groups is 1. The van der Waals surface area contributed by atoms with Crippen LogP contribution in [-0.4, -0.2) is 32.2 Å². The molecule has 2 rings (SSSR count). The average molecular weight is 277 g/mol. The molecule has 5 heteroatoms. The lowest BCUT2D eigenvalue weighted by molar-refractivity contribution is 0.287. The van der Waals surface area contributed by atoms with E-state index in [1.807, 2.05) is 25.1 Å². The van der Waals surface area contributed by atoms with Gasteiger partial charge in [0.1, 0.15) is 5.82 Å². The Morgan fingerprint density at radius 2 is 1.95 bits per heavy atom. The van der Waals surface area contributed by atoms with Crippen molar-refractivity contribution in [2.24, 2.45) is 0 Å². The maximum absolute atomic E-state index is 8.77. The molecule has 4 nitrogen and oxygen atoms in total. The molecule has 0 aliphatic heterocycles. The van der Waals surface area contributed by atoms with Crippen LogP contribution in [0.2, 0.25) is 0 Å². The minimum atomic E-state index is 0.260. The standard InChI is InChI=1S/C14H19N3OS/c1-12-15-16-14(19-10-6-5-9-18)17(12)11-13-7-3-2-4-8-13/h2-4,7-8,18H,5-6,9-11H2,1H3. The molecule has 0 aliphatic carbocycles. The first kappa shape index (κ1) is 14.1. The number of hydrogen-bond donors (Lipinski definition) is 1. The Bertz CT molecular complexity index is 499. The van der Waals surface area contributed by atoms with Gasteiger partial charge in [0.2, 0.25) is 0 Å². The van der Waals surface area contributed by atoms with Gasteiger partial charge in [-0.15, -0.1) is 10.2 Å². The third-order valence-corrected chi connectivity index (χ3v) is 3.92. The van der Waals surface area contributed by atoms with Crippen LogP contribution in [-0.2, 0) is 6.54 Å². The molecule has 102 valence electrons. The number of nitrogens with zero attached hydrogens (tertiary/aromatic N) is 3. The summed E-state index contributed by atoms with van der Waals surface area (Å²) in [5.74, 6) is 1.90. The molecule has 1 aromatic heterocycles. The highest BCUT2D eigenvalue weighted by molar-refractivity contribution is 7.99. The van der Waals surface area contributed by atoms with Crippen molar-refractivity contribution in [2.75, 3.05) is 12.4 Å². The summed E-state index contributed by atoms with van der Waals surface area (Å²) in [5, 5.41) is 18.1. The van der Waals surface area contributed by atoms with E-state index in [0.717, 1.165) is 36.1 Å². The van der Waals surface area contributed by atoms with E-state index in [9.17, 15) is 0 Å². The number of aliphatic hydroxyl groups is 1. The average Bonchev–Trinajstić information content (AvgIpc) is 2.78. The first-order valence-corrected chi connectivity index (χ1v) is 7.47. The predicted molar refractivity (Wildman–Crippen MR) is 77.3 cm³/mol. The molecule has 0 amide bonds. The molecule has 0 bridgehead atoms. The van der Waals surface area contributed by atoms with E-state index in [1.165, 1.54) is 5.56 Å². The van der Waals surface area contributed by atoms with Crippen molar-refractivity contribution in [2.45, 2.75) is 31.5 Å². The minimum Gasteiger partial charge on any atom is -0.396 e. The molecule has 0 radical (unpaired) electrons. The second-order valence-electron chi connectivity index (χ2n) is 4.38. The Kier molecular flexibility index (Phi) is 5.42. The van der Waals surface area contributed by atoms with E-state index >= 15 is 0 Å². The minimum absolute atomic E-state index is 0.260. The molecule has 19 heavy (non-hydrogen) atoms. The Balaban J connectivity index is 2.01. The maximum atomic E-state index is 8.77. The molecule has 0 fully saturated rings. The Labute approximate surface area is 117 Å². The van der Waals surface area contributed by atoms with Gasteiger partial charge in [-0.05, 0) is 25.3 Å². The van der Waals surface area contributed by atoms with Gasteiger partial charge in [0, 0.05) is 12.4 Å². The molecule has 0 unspecified atom stereocenters. The summed E-state index contributed by atoms with van der Waals surface area (Å²) in [6.07, 6.45) is 1.84. The first-order chi connectivity index (χ1) is 9.31. The van der Waals surface area contributed by atoms with E-state index in [4.69, 9.17) is 5.11 Å². The maximum Gasteiger partial charge on any atom is 0.191 e. The summed E-state index contributed by atoms with van der Waals surface area (Å²) in [5.41, 5.74) is 1.25. The first-order valence-electron chi connectivity index (χ1n) is 6.48. The zero-order chi connectivity index (χ0) is 13.5. The molecule has 1 heterocycles. The zero-order valence-corrected chi connectivity index (χ0v) is 11.9.